The van der Waals surface area contributed by atoms with E-state index < -0.39 is 5.41 Å². The molecule has 0 aromatic carbocycles. The first kappa shape index (κ1) is 40.2. The summed E-state index contributed by atoms with van der Waals surface area (Å²) in [4.78, 5) is 56.3. The number of carbonyl (C=O) groups excluding carboxylic acids is 3. The van der Waals surface area contributed by atoms with Gasteiger partial charge < -0.3 is 24.2 Å². The number of hydrogen-bond donors (Lipinski definition) is 2. The monoisotopic (exact) mass is 758 g/mol. The highest BCUT2D eigenvalue weighted by molar-refractivity contribution is 5.96. The Bertz CT molecular complexity index is 2340. The van der Waals surface area contributed by atoms with Crippen molar-refractivity contribution in [2.75, 3.05) is 20.3 Å². The topological polar surface area (TPSA) is 136 Å². The summed E-state index contributed by atoms with van der Waals surface area (Å²) < 4.78 is 16.2. The Balaban J connectivity index is 1.61. The number of nitrogens with one attached hydrogen (secondary N) is 2. The number of unbranched alkanes of at least 4 members (excludes halogenated alkanes) is 2. The lowest BCUT2D eigenvalue weighted by molar-refractivity contribution is -0.144. The number of carbonyl (C=O) groups is 3. The number of rotatable bonds is 14. The number of aromatic amines is 2. The van der Waals surface area contributed by atoms with Crippen LogP contribution in [0.1, 0.15) is 124 Å². The van der Waals surface area contributed by atoms with Crippen molar-refractivity contribution in [3.05, 3.63) is 93.6 Å². The average Bonchev–Trinajstić information content (AvgIpc) is 3.83. The molecule has 1 aliphatic carbocycles. The van der Waals surface area contributed by atoms with Crippen molar-refractivity contribution >= 4 is 62.8 Å². The molecule has 6 rings (SSSR count). The van der Waals surface area contributed by atoms with Gasteiger partial charge in [0.1, 0.15) is 0 Å². The Hall–Kier alpha value is -5.51. The largest absolute Gasteiger partial charge is 0.466 e. The number of hydrogen-bond acceptors (Lipinski definition) is 8. The van der Waals surface area contributed by atoms with Crippen LogP contribution in [0.2, 0.25) is 0 Å². The van der Waals surface area contributed by atoms with E-state index in [1.807, 2.05) is 37.3 Å². The second-order valence-electron chi connectivity index (χ2n) is 15.1. The van der Waals surface area contributed by atoms with Crippen LogP contribution in [0, 0.1) is 13.8 Å². The van der Waals surface area contributed by atoms with E-state index in [0.29, 0.717) is 38.0 Å². The van der Waals surface area contributed by atoms with Gasteiger partial charge in [-0.15, -0.1) is 0 Å². The normalized spacial score (nSPS) is 16.2. The van der Waals surface area contributed by atoms with Crippen LogP contribution in [0.4, 0.5) is 0 Å². The van der Waals surface area contributed by atoms with E-state index in [0.717, 1.165) is 109 Å². The number of ether oxygens (including phenoxy) is 3. The molecule has 10 heteroatoms. The second kappa shape index (κ2) is 17.1. The van der Waals surface area contributed by atoms with Gasteiger partial charge in [-0.05, 0) is 117 Å². The van der Waals surface area contributed by atoms with Crippen LogP contribution in [-0.4, -0.2) is 58.2 Å². The number of allylic oxidation sites excluding steroid dienone is 5. The third-order valence-electron chi connectivity index (χ3n) is 11.3. The first-order valence-electron chi connectivity index (χ1n) is 19.8. The van der Waals surface area contributed by atoms with Gasteiger partial charge in [0.25, 0.3) is 0 Å². The van der Waals surface area contributed by atoms with Crippen LogP contribution in [0.15, 0.2) is 48.6 Å². The van der Waals surface area contributed by atoms with E-state index >= 15 is 0 Å². The molecule has 5 heterocycles. The lowest BCUT2D eigenvalue weighted by Crippen LogP contribution is -2.25. The molecule has 10 nitrogen and oxygen atoms in total. The molecule has 3 aromatic heterocycles. The van der Waals surface area contributed by atoms with E-state index in [-0.39, 0.29) is 30.7 Å². The van der Waals surface area contributed by atoms with Gasteiger partial charge in [0.2, 0.25) is 0 Å². The van der Waals surface area contributed by atoms with Crippen molar-refractivity contribution in [2.45, 2.75) is 105 Å². The summed E-state index contributed by atoms with van der Waals surface area (Å²) in [5.41, 5.74) is 13.3. The summed E-state index contributed by atoms with van der Waals surface area (Å²) >= 11 is 0. The summed E-state index contributed by atoms with van der Waals surface area (Å²) in [6.45, 7) is 17.4. The predicted molar refractivity (Wildman–Crippen MR) is 222 cm³/mol. The Labute approximate surface area is 329 Å². The first-order chi connectivity index (χ1) is 26.9. The zero-order valence-electron chi connectivity index (χ0n) is 33.9. The van der Waals surface area contributed by atoms with Crippen LogP contribution in [0.25, 0.3) is 44.9 Å². The molecule has 0 fully saturated rings. The maximum absolute atomic E-state index is 12.9. The fourth-order valence-corrected chi connectivity index (χ4v) is 7.84. The minimum atomic E-state index is -0.628. The van der Waals surface area contributed by atoms with Crippen molar-refractivity contribution in [2.24, 2.45) is 0 Å². The van der Waals surface area contributed by atoms with E-state index in [1.165, 1.54) is 7.11 Å². The van der Waals surface area contributed by atoms with Crippen molar-refractivity contribution in [1.29, 1.82) is 0 Å². The average molecular weight is 759 g/mol. The number of aryl methyl sites for hydroxylation is 3. The van der Waals surface area contributed by atoms with Gasteiger partial charge in [-0.2, -0.15) is 0 Å². The molecule has 3 aliphatic rings. The number of nitrogens with zero attached hydrogens (tertiary/aromatic N) is 2. The molecule has 0 amide bonds. The number of methoxy groups -OCH3 is 1. The Morgan fingerprint density at radius 1 is 0.804 bits per heavy atom. The maximum atomic E-state index is 12.9. The molecule has 0 saturated carbocycles. The molecule has 2 aliphatic heterocycles. The van der Waals surface area contributed by atoms with Crippen LogP contribution in [-0.2, 0) is 40.4 Å². The Morgan fingerprint density at radius 2 is 1.46 bits per heavy atom. The summed E-state index contributed by atoms with van der Waals surface area (Å²) in [6.07, 6.45) is 11.0. The SMILES string of the molecule is C=Cc1c(C)c2cc3[nH]c(cc4nc(cc5nc(cc1[nH]2)[C@@]1(C)CC(C(=O)OC)=CC=C51)C(C)=C4CCC(=O)OCCCC)c(CCC(=O)OCCCC)c3C. The summed E-state index contributed by atoms with van der Waals surface area (Å²) in [5.74, 6) is -0.831. The van der Waals surface area contributed by atoms with Crippen molar-refractivity contribution in [3.63, 3.8) is 0 Å². The lowest BCUT2D eigenvalue weighted by Gasteiger charge is -2.29. The zero-order valence-corrected chi connectivity index (χ0v) is 33.9. The number of fused-ring (bicyclic) bond motifs is 11. The molecule has 56 heavy (non-hydrogen) atoms. The van der Waals surface area contributed by atoms with Gasteiger partial charge in [0.15, 0.2) is 0 Å². The van der Waals surface area contributed by atoms with Crippen molar-refractivity contribution in [3.8, 4) is 0 Å². The van der Waals surface area contributed by atoms with E-state index in [2.05, 4.69) is 63.3 Å². The molecular formula is C46H54N4O6. The highest BCUT2D eigenvalue weighted by Crippen LogP contribution is 2.49. The Kier molecular flexibility index (Phi) is 12.3. The summed E-state index contributed by atoms with van der Waals surface area (Å²) in [6, 6.07) is 8.20. The molecule has 0 unspecified atom stereocenters. The number of esters is 3. The van der Waals surface area contributed by atoms with Crippen LogP contribution >= 0.6 is 0 Å². The minimum Gasteiger partial charge on any atom is -0.466 e. The highest BCUT2D eigenvalue weighted by Gasteiger charge is 2.42. The van der Waals surface area contributed by atoms with Crippen LogP contribution < -0.4 is 0 Å². The van der Waals surface area contributed by atoms with Gasteiger partial charge in [-0.25, -0.2) is 9.78 Å². The standard InChI is InChI=1S/C46H54N4O6/c1-9-12-20-55-43(51)18-15-32-28(5)36-22-35-27(4)31(11-3)40(49-35)25-42-46(7)26-30(45(53)54-8)14-17-34(46)41(50-42)23-37-29(6)33(39(48-37)24-38(32)47-36)16-19-44(52)56-21-13-10-2/h11,14,17,22-25,47,49H,3,9-10,12-13,15-16,18-21,26H2,1-2,4-8H3/t46-/m0/s1. The Morgan fingerprint density at radius 3 is 2.12 bits per heavy atom. The second-order valence-corrected chi connectivity index (χ2v) is 15.1. The predicted octanol–water partition coefficient (Wildman–Crippen LogP) is 9.75. The third-order valence-corrected chi connectivity index (χ3v) is 11.3. The molecule has 3 aromatic rings. The molecule has 294 valence electrons. The van der Waals surface area contributed by atoms with E-state index in [1.54, 1.807) is 0 Å². The molecule has 1 atom stereocenters. The first-order valence-corrected chi connectivity index (χ1v) is 19.8. The minimum absolute atomic E-state index is 0.216. The fraction of sp³-hybridized carbons (Fsp3) is 0.413. The van der Waals surface area contributed by atoms with E-state index in [4.69, 9.17) is 24.2 Å². The van der Waals surface area contributed by atoms with E-state index in [9.17, 15) is 14.4 Å². The van der Waals surface area contributed by atoms with Gasteiger partial charge in [-0.1, -0.05) is 51.5 Å². The molecular weight excluding hydrogens is 705 g/mol. The van der Waals surface area contributed by atoms with Gasteiger partial charge in [0, 0.05) is 51.5 Å². The van der Waals surface area contributed by atoms with Crippen molar-refractivity contribution in [1.82, 2.24) is 19.9 Å². The molecule has 0 radical (unpaired) electrons. The summed E-state index contributed by atoms with van der Waals surface area (Å²) in [7, 11) is 1.40. The molecule has 0 saturated heterocycles. The highest BCUT2D eigenvalue weighted by atomic mass is 16.5. The third kappa shape index (κ3) is 8.06. The lowest BCUT2D eigenvalue weighted by atomic mass is 9.72. The van der Waals surface area contributed by atoms with Gasteiger partial charge in [0.05, 0.1) is 43.1 Å². The maximum Gasteiger partial charge on any atom is 0.333 e. The van der Waals surface area contributed by atoms with Gasteiger partial charge in [-0.3, -0.25) is 14.6 Å². The molecule has 0 spiro atoms. The number of H-pyrrole nitrogens is 2. The quantitative estimate of drug-likeness (QED) is 0.0942. The number of aromatic nitrogens is 4. The molecule has 8 bridgehead atoms. The fourth-order valence-electron chi connectivity index (χ4n) is 7.84. The summed E-state index contributed by atoms with van der Waals surface area (Å²) in [5, 5.41) is 0. The molecule has 2 N–H and O–H groups in total. The zero-order chi connectivity index (χ0) is 40.1. The van der Waals surface area contributed by atoms with Gasteiger partial charge >= 0.3 is 17.9 Å². The van der Waals surface area contributed by atoms with Crippen LogP contribution in [0.3, 0.4) is 0 Å². The van der Waals surface area contributed by atoms with Crippen molar-refractivity contribution < 1.29 is 28.6 Å². The smallest absolute Gasteiger partial charge is 0.333 e. The van der Waals surface area contributed by atoms with Crippen LogP contribution in [0.5, 0.6) is 0 Å².